The van der Waals surface area contributed by atoms with Crippen LogP contribution in [-0.4, -0.2) is 18.6 Å². The molecule has 18 heavy (non-hydrogen) atoms. The van der Waals surface area contributed by atoms with Crippen molar-refractivity contribution < 1.29 is 9.53 Å². The van der Waals surface area contributed by atoms with E-state index in [2.05, 4.69) is 5.32 Å². The first-order valence-corrected chi connectivity index (χ1v) is 6.39. The third-order valence-corrected chi connectivity index (χ3v) is 2.78. The predicted molar refractivity (Wildman–Crippen MR) is 72.4 cm³/mol. The van der Waals surface area contributed by atoms with Crippen molar-refractivity contribution in [2.24, 2.45) is 5.73 Å². The molecular weight excluding hydrogens is 228 g/mol. The summed E-state index contributed by atoms with van der Waals surface area (Å²) >= 11 is 0. The van der Waals surface area contributed by atoms with Gasteiger partial charge in [-0.1, -0.05) is 25.1 Å². The standard InChI is InChI=1S/C14H22N2O2/c1-4-12(15)11-8-6-7-9-13(11)18-10(3)14(17)16-5-2/h6-10,12H,4-5,15H2,1-3H3,(H,16,17). The summed E-state index contributed by atoms with van der Waals surface area (Å²) in [4.78, 5) is 11.6. The number of rotatable bonds is 6. The third kappa shape index (κ3) is 3.74. The van der Waals surface area contributed by atoms with Crippen LogP contribution in [0.3, 0.4) is 0 Å². The lowest BCUT2D eigenvalue weighted by atomic mass is 10.0. The average Bonchev–Trinajstić information content (AvgIpc) is 2.38. The number of para-hydroxylation sites is 1. The van der Waals surface area contributed by atoms with E-state index >= 15 is 0 Å². The Balaban J connectivity index is 2.80. The number of amides is 1. The topological polar surface area (TPSA) is 64.3 Å². The van der Waals surface area contributed by atoms with Gasteiger partial charge in [-0.3, -0.25) is 4.79 Å². The molecule has 100 valence electrons. The lowest BCUT2D eigenvalue weighted by Crippen LogP contribution is -2.36. The highest BCUT2D eigenvalue weighted by atomic mass is 16.5. The van der Waals surface area contributed by atoms with Crippen LogP contribution in [0.4, 0.5) is 0 Å². The van der Waals surface area contributed by atoms with Crippen molar-refractivity contribution in [1.82, 2.24) is 5.32 Å². The molecule has 2 unspecified atom stereocenters. The van der Waals surface area contributed by atoms with Crippen LogP contribution in [0.15, 0.2) is 24.3 Å². The third-order valence-electron chi connectivity index (χ3n) is 2.78. The normalized spacial score (nSPS) is 13.8. The molecule has 3 N–H and O–H groups in total. The molecule has 1 amide bonds. The fraction of sp³-hybridized carbons (Fsp3) is 0.500. The van der Waals surface area contributed by atoms with Gasteiger partial charge in [0.05, 0.1) is 0 Å². The second kappa shape index (κ2) is 7.01. The maximum absolute atomic E-state index is 11.6. The van der Waals surface area contributed by atoms with Gasteiger partial charge in [-0.2, -0.15) is 0 Å². The Kier molecular flexibility index (Phi) is 5.65. The molecular formula is C14H22N2O2. The molecule has 0 saturated heterocycles. The Bertz CT molecular complexity index is 393. The lowest BCUT2D eigenvalue weighted by Gasteiger charge is -2.19. The van der Waals surface area contributed by atoms with E-state index < -0.39 is 6.10 Å². The van der Waals surface area contributed by atoms with Crippen molar-refractivity contribution in [3.05, 3.63) is 29.8 Å². The Morgan fingerprint density at radius 1 is 1.39 bits per heavy atom. The molecule has 0 heterocycles. The summed E-state index contributed by atoms with van der Waals surface area (Å²) in [5, 5.41) is 2.73. The van der Waals surface area contributed by atoms with Gasteiger partial charge < -0.3 is 15.8 Å². The van der Waals surface area contributed by atoms with Crippen LogP contribution in [0.5, 0.6) is 5.75 Å². The van der Waals surface area contributed by atoms with Crippen LogP contribution in [-0.2, 0) is 4.79 Å². The van der Waals surface area contributed by atoms with E-state index in [4.69, 9.17) is 10.5 Å². The molecule has 4 heteroatoms. The van der Waals surface area contributed by atoms with Crippen LogP contribution >= 0.6 is 0 Å². The molecule has 1 aromatic rings. The highest BCUT2D eigenvalue weighted by Crippen LogP contribution is 2.26. The zero-order valence-electron chi connectivity index (χ0n) is 11.3. The van der Waals surface area contributed by atoms with Crippen LogP contribution < -0.4 is 15.8 Å². The Hall–Kier alpha value is -1.55. The summed E-state index contributed by atoms with van der Waals surface area (Å²) in [5.41, 5.74) is 6.97. The van der Waals surface area contributed by atoms with Gasteiger partial charge in [0.2, 0.25) is 0 Å². The number of carbonyl (C=O) groups is 1. The zero-order chi connectivity index (χ0) is 13.5. The number of ether oxygens (including phenoxy) is 1. The van der Waals surface area contributed by atoms with E-state index in [-0.39, 0.29) is 11.9 Å². The molecule has 1 aromatic carbocycles. The summed E-state index contributed by atoms with van der Waals surface area (Å²) in [6.45, 7) is 6.24. The molecule has 0 aromatic heterocycles. The van der Waals surface area contributed by atoms with Crippen molar-refractivity contribution in [2.45, 2.75) is 39.3 Å². The lowest BCUT2D eigenvalue weighted by molar-refractivity contribution is -0.127. The van der Waals surface area contributed by atoms with E-state index in [0.717, 1.165) is 12.0 Å². The van der Waals surface area contributed by atoms with Crippen molar-refractivity contribution in [3.8, 4) is 5.75 Å². The van der Waals surface area contributed by atoms with Crippen LogP contribution in [0, 0.1) is 0 Å². The fourth-order valence-corrected chi connectivity index (χ4v) is 1.68. The molecule has 0 fully saturated rings. The average molecular weight is 250 g/mol. The summed E-state index contributed by atoms with van der Waals surface area (Å²) in [7, 11) is 0. The number of hydrogen-bond acceptors (Lipinski definition) is 3. The SMILES string of the molecule is CCNC(=O)C(C)Oc1ccccc1C(N)CC. The molecule has 4 nitrogen and oxygen atoms in total. The molecule has 0 bridgehead atoms. The zero-order valence-corrected chi connectivity index (χ0v) is 11.3. The van der Waals surface area contributed by atoms with E-state index in [1.807, 2.05) is 38.1 Å². The van der Waals surface area contributed by atoms with Crippen molar-refractivity contribution in [3.63, 3.8) is 0 Å². The second-order valence-electron chi connectivity index (χ2n) is 4.21. The van der Waals surface area contributed by atoms with Gasteiger partial charge in [0.25, 0.3) is 5.91 Å². The minimum atomic E-state index is -0.518. The minimum absolute atomic E-state index is 0.0670. The maximum Gasteiger partial charge on any atom is 0.260 e. The molecule has 0 radical (unpaired) electrons. The first kappa shape index (κ1) is 14.5. The summed E-state index contributed by atoms with van der Waals surface area (Å²) in [6.07, 6.45) is 0.311. The summed E-state index contributed by atoms with van der Waals surface area (Å²) < 4.78 is 5.69. The van der Waals surface area contributed by atoms with E-state index in [0.29, 0.717) is 12.3 Å². The number of hydrogen-bond donors (Lipinski definition) is 2. The first-order chi connectivity index (χ1) is 8.60. The molecule has 0 aliphatic heterocycles. The van der Waals surface area contributed by atoms with Gasteiger partial charge >= 0.3 is 0 Å². The maximum atomic E-state index is 11.6. The number of nitrogens with two attached hydrogens (primary N) is 1. The van der Waals surface area contributed by atoms with E-state index in [1.54, 1.807) is 6.92 Å². The van der Waals surface area contributed by atoms with Gasteiger partial charge in [-0.25, -0.2) is 0 Å². The van der Waals surface area contributed by atoms with Crippen LogP contribution in [0.25, 0.3) is 0 Å². The Labute approximate surface area is 109 Å². The van der Waals surface area contributed by atoms with Gasteiger partial charge in [-0.05, 0) is 26.3 Å². The number of benzene rings is 1. The fourth-order valence-electron chi connectivity index (χ4n) is 1.68. The molecule has 0 aliphatic carbocycles. The molecule has 2 atom stereocenters. The molecule has 0 spiro atoms. The van der Waals surface area contributed by atoms with Crippen molar-refractivity contribution >= 4 is 5.91 Å². The molecule has 0 saturated carbocycles. The second-order valence-corrected chi connectivity index (χ2v) is 4.21. The Morgan fingerprint density at radius 3 is 2.67 bits per heavy atom. The number of likely N-dealkylation sites (N-methyl/N-ethyl adjacent to an activating group) is 1. The number of nitrogens with one attached hydrogen (secondary N) is 1. The highest BCUT2D eigenvalue weighted by molar-refractivity contribution is 5.80. The minimum Gasteiger partial charge on any atom is -0.481 e. The highest BCUT2D eigenvalue weighted by Gasteiger charge is 2.17. The quantitative estimate of drug-likeness (QED) is 0.811. The van der Waals surface area contributed by atoms with Crippen molar-refractivity contribution in [1.29, 1.82) is 0 Å². The Morgan fingerprint density at radius 2 is 2.06 bits per heavy atom. The summed E-state index contributed by atoms with van der Waals surface area (Å²) in [5.74, 6) is 0.572. The van der Waals surface area contributed by atoms with Crippen LogP contribution in [0.2, 0.25) is 0 Å². The number of carbonyl (C=O) groups excluding carboxylic acids is 1. The van der Waals surface area contributed by atoms with Crippen LogP contribution in [0.1, 0.15) is 38.8 Å². The van der Waals surface area contributed by atoms with Gasteiger partial charge in [0.1, 0.15) is 5.75 Å². The predicted octanol–water partition coefficient (Wildman–Crippen LogP) is 2.00. The van der Waals surface area contributed by atoms with Crippen molar-refractivity contribution in [2.75, 3.05) is 6.54 Å². The van der Waals surface area contributed by atoms with Gasteiger partial charge in [0.15, 0.2) is 6.10 Å². The molecule has 0 aliphatic rings. The monoisotopic (exact) mass is 250 g/mol. The van der Waals surface area contributed by atoms with Gasteiger partial charge in [-0.15, -0.1) is 0 Å². The largest absolute Gasteiger partial charge is 0.481 e. The van der Waals surface area contributed by atoms with E-state index in [9.17, 15) is 4.79 Å². The van der Waals surface area contributed by atoms with E-state index in [1.165, 1.54) is 0 Å². The molecule has 1 rings (SSSR count). The summed E-state index contributed by atoms with van der Waals surface area (Å²) in [6, 6.07) is 7.52. The smallest absolute Gasteiger partial charge is 0.260 e. The van der Waals surface area contributed by atoms with Gasteiger partial charge in [0, 0.05) is 18.2 Å². The first-order valence-electron chi connectivity index (χ1n) is 6.39.